The van der Waals surface area contributed by atoms with Gasteiger partial charge < -0.3 is 5.32 Å². The fraction of sp³-hybridized carbons (Fsp3) is 0.611. The second-order valence-electron chi connectivity index (χ2n) is 7.26. The lowest BCUT2D eigenvalue weighted by atomic mass is 9.87. The summed E-state index contributed by atoms with van der Waals surface area (Å²) in [6.45, 7) is 10.4. The normalized spacial score (nSPS) is 13.4. The Morgan fingerprint density at radius 1 is 1.21 bits per heavy atom. The Balaban J connectivity index is 2.89. The van der Waals surface area contributed by atoms with Crippen LogP contribution in [-0.4, -0.2) is 33.2 Å². The van der Waals surface area contributed by atoms with Crippen molar-refractivity contribution in [3.63, 3.8) is 0 Å². The van der Waals surface area contributed by atoms with Gasteiger partial charge in [0.05, 0.1) is 11.9 Å². The van der Waals surface area contributed by atoms with E-state index in [1.165, 1.54) is 4.31 Å². The lowest BCUT2D eigenvalue weighted by Crippen LogP contribution is -2.37. The molecular weight excluding hydrogens is 324 g/mol. The van der Waals surface area contributed by atoms with Gasteiger partial charge in [-0.2, -0.15) is 0 Å². The van der Waals surface area contributed by atoms with E-state index in [1.54, 1.807) is 12.1 Å². The molecule has 1 amide bonds. The standard InChI is InChI=1S/C18H30N2O3S/c1-7-14(2)19-17(21)12-13-20(24(6,22)23)16-10-8-15(9-11-16)18(3,4)5/h8-11,14H,7,12-13H2,1-6H3,(H,19,21). The predicted molar refractivity (Wildman–Crippen MR) is 99.8 cm³/mol. The Labute approximate surface area is 146 Å². The lowest BCUT2D eigenvalue weighted by molar-refractivity contribution is -0.121. The number of nitrogens with zero attached hydrogens (tertiary/aromatic N) is 1. The molecule has 136 valence electrons. The molecule has 1 aromatic carbocycles. The molecule has 0 fully saturated rings. The van der Waals surface area contributed by atoms with Crippen LogP contribution in [0.5, 0.6) is 0 Å². The van der Waals surface area contributed by atoms with Crippen molar-refractivity contribution < 1.29 is 13.2 Å². The first-order valence-corrected chi connectivity index (χ1v) is 10.2. The fourth-order valence-electron chi connectivity index (χ4n) is 2.27. The van der Waals surface area contributed by atoms with Crippen molar-refractivity contribution in [1.29, 1.82) is 0 Å². The number of anilines is 1. The van der Waals surface area contributed by atoms with Gasteiger partial charge in [0.2, 0.25) is 15.9 Å². The number of hydrogen-bond acceptors (Lipinski definition) is 3. The van der Waals surface area contributed by atoms with Crippen LogP contribution in [0.4, 0.5) is 5.69 Å². The van der Waals surface area contributed by atoms with E-state index in [1.807, 2.05) is 26.0 Å². The van der Waals surface area contributed by atoms with Crippen molar-refractivity contribution in [3.8, 4) is 0 Å². The maximum atomic E-state index is 12.1. The van der Waals surface area contributed by atoms with Crippen LogP contribution in [0.2, 0.25) is 0 Å². The molecule has 0 bridgehead atoms. The maximum Gasteiger partial charge on any atom is 0.232 e. The third-order valence-corrected chi connectivity index (χ3v) is 5.18. The molecule has 1 aromatic rings. The molecule has 0 saturated carbocycles. The number of benzene rings is 1. The van der Waals surface area contributed by atoms with E-state index in [0.717, 1.165) is 18.2 Å². The highest BCUT2D eigenvalue weighted by atomic mass is 32.2. The van der Waals surface area contributed by atoms with Crippen molar-refractivity contribution in [3.05, 3.63) is 29.8 Å². The van der Waals surface area contributed by atoms with Crippen LogP contribution < -0.4 is 9.62 Å². The quantitative estimate of drug-likeness (QED) is 0.818. The van der Waals surface area contributed by atoms with Crippen molar-refractivity contribution in [2.24, 2.45) is 0 Å². The Bertz CT molecular complexity index is 646. The summed E-state index contributed by atoms with van der Waals surface area (Å²) in [6.07, 6.45) is 2.14. The molecule has 1 N–H and O–H groups in total. The highest BCUT2D eigenvalue weighted by Gasteiger charge is 2.20. The highest BCUT2D eigenvalue weighted by molar-refractivity contribution is 7.92. The Morgan fingerprint density at radius 2 is 1.75 bits per heavy atom. The van der Waals surface area contributed by atoms with E-state index in [9.17, 15) is 13.2 Å². The number of nitrogens with one attached hydrogen (secondary N) is 1. The van der Waals surface area contributed by atoms with Gasteiger partial charge in [0, 0.05) is 19.0 Å². The van der Waals surface area contributed by atoms with Gasteiger partial charge in [-0.1, -0.05) is 39.8 Å². The minimum Gasteiger partial charge on any atom is -0.354 e. The van der Waals surface area contributed by atoms with Gasteiger partial charge in [-0.15, -0.1) is 0 Å². The van der Waals surface area contributed by atoms with E-state index in [2.05, 4.69) is 26.1 Å². The smallest absolute Gasteiger partial charge is 0.232 e. The average molecular weight is 355 g/mol. The van der Waals surface area contributed by atoms with E-state index >= 15 is 0 Å². The average Bonchev–Trinajstić information content (AvgIpc) is 2.45. The molecule has 0 radical (unpaired) electrons. The van der Waals surface area contributed by atoms with Crippen LogP contribution >= 0.6 is 0 Å². The lowest BCUT2D eigenvalue weighted by Gasteiger charge is -2.24. The summed E-state index contributed by atoms with van der Waals surface area (Å²) in [5.41, 5.74) is 1.72. The number of hydrogen-bond donors (Lipinski definition) is 1. The van der Waals surface area contributed by atoms with Crippen molar-refractivity contribution in [2.45, 2.75) is 58.9 Å². The first-order valence-electron chi connectivity index (χ1n) is 8.32. The van der Waals surface area contributed by atoms with E-state index in [0.29, 0.717) is 5.69 Å². The number of rotatable bonds is 7. The minimum atomic E-state index is -3.44. The van der Waals surface area contributed by atoms with Gasteiger partial charge in [0.25, 0.3) is 0 Å². The molecule has 0 aromatic heterocycles. The number of carbonyl (C=O) groups excluding carboxylic acids is 1. The van der Waals surface area contributed by atoms with Gasteiger partial charge in [0.1, 0.15) is 0 Å². The van der Waals surface area contributed by atoms with E-state index in [4.69, 9.17) is 0 Å². The number of sulfonamides is 1. The van der Waals surface area contributed by atoms with Crippen LogP contribution in [-0.2, 0) is 20.2 Å². The molecule has 0 aliphatic heterocycles. The molecule has 5 nitrogen and oxygen atoms in total. The molecule has 1 unspecified atom stereocenters. The molecular formula is C18H30N2O3S. The molecule has 6 heteroatoms. The molecule has 0 aliphatic rings. The summed E-state index contributed by atoms with van der Waals surface area (Å²) >= 11 is 0. The van der Waals surface area contributed by atoms with Gasteiger partial charge in [-0.05, 0) is 36.5 Å². The third-order valence-electron chi connectivity index (χ3n) is 3.98. The minimum absolute atomic E-state index is 0.00459. The molecule has 0 saturated heterocycles. The monoisotopic (exact) mass is 354 g/mol. The van der Waals surface area contributed by atoms with Gasteiger partial charge in [-0.25, -0.2) is 8.42 Å². The number of amides is 1. The number of carbonyl (C=O) groups is 1. The van der Waals surface area contributed by atoms with Crippen LogP contribution in [0.1, 0.15) is 53.0 Å². The van der Waals surface area contributed by atoms with E-state index < -0.39 is 10.0 Å². The van der Waals surface area contributed by atoms with Crippen LogP contribution in [0.3, 0.4) is 0 Å². The summed E-state index contributed by atoms with van der Waals surface area (Å²) in [5, 5.41) is 2.86. The predicted octanol–water partition coefficient (Wildman–Crippen LogP) is 3.05. The maximum absolute atomic E-state index is 12.1. The second kappa shape index (κ2) is 8.01. The zero-order valence-corrected chi connectivity index (χ0v) is 16.4. The SMILES string of the molecule is CCC(C)NC(=O)CCN(c1ccc(C(C)(C)C)cc1)S(C)(=O)=O. The Hall–Kier alpha value is -1.56. The topological polar surface area (TPSA) is 66.5 Å². The van der Waals surface area contributed by atoms with Crippen LogP contribution in [0, 0.1) is 0 Å². The molecule has 1 rings (SSSR count). The fourth-order valence-corrected chi connectivity index (χ4v) is 3.19. The molecule has 1 atom stereocenters. The largest absolute Gasteiger partial charge is 0.354 e. The molecule has 24 heavy (non-hydrogen) atoms. The third kappa shape index (κ3) is 6.15. The molecule has 0 spiro atoms. The van der Waals surface area contributed by atoms with Gasteiger partial charge in [0.15, 0.2) is 0 Å². The summed E-state index contributed by atoms with van der Waals surface area (Å²) in [7, 11) is -3.44. The summed E-state index contributed by atoms with van der Waals surface area (Å²) in [5.74, 6) is -0.135. The summed E-state index contributed by atoms with van der Waals surface area (Å²) in [6, 6.07) is 7.57. The van der Waals surface area contributed by atoms with Crippen molar-refractivity contribution in [1.82, 2.24) is 5.32 Å². The zero-order valence-electron chi connectivity index (χ0n) is 15.6. The Morgan fingerprint density at radius 3 is 2.17 bits per heavy atom. The van der Waals surface area contributed by atoms with Gasteiger partial charge in [-0.3, -0.25) is 9.10 Å². The summed E-state index contributed by atoms with van der Waals surface area (Å²) < 4.78 is 25.5. The van der Waals surface area contributed by atoms with Gasteiger partial charge >= 0.3 is 0 Å². The first-order chi connectivity index (χ1) is 10.9. The van der Waals surface area contributed by atoms with Crippen LogP contribution in [0.15, 0.2) is 24.3 Å². The Kier molecular flexibility index (Phi) is 6.84. The van der Waals surface area contributed by atoms with Crippen molar-refractivity contribution >= 4 is 21.6 Å². The van der Waals surface area contributed by atoms with E-state index in [-0.39, 0.29) is 30.3 Å². The highest BCUT2D eigenvalue weighted by Crippen LogP contribution is 2.26. The first kappa shape index (κ1) is 20.5. The van der Waals surface area contributed by atoms with Crippen LogP contribution in [0.25, 0.3) is 0 Å². The second-order valence-corrected chi connectivity index (χ2v) is 9.17. The summed E-state index contributed by atoms with van der Waals surface area (Å²) in [4.78, 5) is 11.9. The molecule has 0 aliphatic carbocycles. The molecule has 0 heterocycles. The van der Waals surface area contributed by atoms with Crippen molar-refractivity contribution in [2.75, 3.05) is 17.1 Å². The zero-order chi connectivity index (χ0) is 18.5.